The molecule has 0 radical (unpaired) electrons. The number of ether oxygens (including phenoxy) is 1. The second-order valence-corrected chi connectivity index (χ2v) is 4.36. The summed E-state index contributed by atoms with van der Waals surface area (Å²) in [4.78, 5) is 10.5. The minimum Gasteiger partial charge on any atom is -0.480 e. The molecule has 0 saturated carbocycles. The summed E-state index contributed by atoms with van der Waals surface area (Å²) in [7, 11) is 0. The van der Waals surface area contributed by atoms with Crippen molar-refractivity contribution in [2.45, 2.75) is 30.9 Å². The Kier molecular flexibility index (Phi) is 5.28. The summed E-state index contributed by atoms with van der Waals surface area (Å²) in [5.74, 6) is -1.98. The van der Waals surface area contributed by atoms with Crippen LogP contribution >= 0.6 is 0 Å². The fourth-order valence-electron chi connectivity index (χ4n) is 1.43. The van der Waals surface area contributed by atoms with Gasteiger partial charge in [-0.3, -0.25) is 4.79 Å². The second kappa shape index (κ2) is 6.42. The first-order valence-electron chi connectivity index (χ1n) is 5.78. The minimum atomic E-state index is -5.77. The lowest BCUT2D eigenvalue weighted by atomic mass is 10.1. The summed E-state index contributed by atoms with van der Waals surface area (Å²) in [5, 5.41) is 8.59. The van der Waals surface area contributed by atoms with E-state index in [9.17, 15) is 31.1 Å². The predicted molar refractivity (Wildman–Crippen MR) is 62.3 cm³/mol. The number of hydrogen-bond acceptors (Lipinski definition) is 3. The molecule has 0 aliphatic heterocycles. The number of rotatable bonds is 6. The van der Waals surface area contributed by atoms with Crippen LogP contribution in [0.5, 0.6) is 5.75 Å². The SMILES string of the molecule is N[C@@H](Cc1ccc(OC(F)(F)C(F)C(F)(F)F)cc1)C(=O)O. The van der Waals surface area contributed by atoms with Gasteiger partial charge in [0.15, 0.2) is 0 Å². The third-order valence-electron chi connectivity index (χ3n) is 2.53. The normalized spacial score (nSPS) is 15.2. The average Bonchev–Trinajstić information content (AvgIpc) is 2.38. The molecule has 0 bridgehead atoms. The first-order chi connectivity index (χ1) is 9.93. The number of nitrogens with two attached hydrogens (primary N) is 1. The highest BCUT2D eigenvalue weighted by Crippen LogP contribution is 2.36. The molecule has 0 spiro atoms. The first-order valence-corrected chi connectivity index (χ1v) is 5.78. The Labute approximate surface area is 120 Å². The van der Waals surface area contributed by atoms with Crippen molar-refractivity contribution < 1.29 is 41.0 Å². The van der Waals surface area contributed by atoms with E-state index >= 15 is 0 Å². The van der Waals surface area contributed by atoms with E-state index in [2.05, 4.69) is 4.74 Å². The van der Waals surface area contributed by atoms with Crippen LogP contribution in [0.4, 0.5) is 26.3 Å². The van der Waals surface area contributed by atoms with Gasteiger partial charge in [0.2, 0.25) is 0 Å². The molecule has 0 saturated heterocycles. The molecule has 0 fully saturated rings. The molecule has 0 heterocycles. The zero-order valence-corrected chi connectivity index (χ0v) is 10.8. The molecule has 10 heteroatoms. The molecule has 0 aliphatic carbocycles. The van der Waals surface area contributed by atoms with Gasteiger partial charge in [-0.1, -0.05) is 12.1 Å². The predicted octanol–water partition coefficient (Wildman–Crippen LogP) is 2.51. The molecular formula is C12H11F6NO3. The Morgan fingerprint density at radius 2 is 1.68 bits per heavy atom. The standard InChI is InChI=1S/C12H11F6NO3/c13-10(11(14,15)16)12(17,18)22-7-3-1-6(2-4-7)5-8(19)9(20)21/h1-4,8,10H,5,19H2,(H,20,21)/t8-,10?/m0/s1. The van der Waals surface area contributed by atoms with Gasteiger partial charge in [-0.05, 0) is 24.1 Å². The van der Waals surface area contributed by atoms with Gasteiger partial charge < -0.3 is 15.6 Å². The van der Waals surface area contributed by atoms with E-state index in [0.29, 0.717) is 5.56 Å². The van der Waals surface area contributed by atoms with Crippen molar-refractivity contribution in [1.82, 2.24) is 0 Å². The van der Waals surface area contributed by atoms with Gasteiger partial charge in [-0.25, -0.2) is 4.39 Å². The average molecular weight is 331 g/mol. The number of halogens is 6. The van der Waals surface area contributed by atoms with E-state index in [1.165, 1.54) is 0 Å². The van der Waals surface area contributed by atoms with Gasteiger partial charge in [0.1, 0.15) is 11.8 Å². The lowest BCUT2D eigenvalue weighted by Gasteiger charge is -2.23. The van der Waals surface area contributed by atoms with Crippen LogP contribution in [-0.2, 0) is 11.2 Å². The highest BCUT2D eigenvalue weighted by Gasteiger charge is 2.59. The van der Waals surface area contributed by atoms with Gasteiger partial charge >= 0.3 is 18.3 Å². The Bertz CT molecular complexity index is 517. The van der Waals surface area contributed by atoms with Crippen LogP contribution < -0.4 is 10.5 Å². The van der Waals surface area contributed by atoms with Crippen LogP contribution in [0.3, 0.4) is 0 Å². The molecule has 1 unspecified atom stereocenters. The minimum absolute atomic E-state index is 0.125. The highest BCUT2D eigenvalue weighted by molar-refractivity contribution is 5.73. The van der Waals surface area contributed by atoms with Crippen LogP contribution in [0.25, 0.3) is 0 Å². The molecule has 0 aromatic heterocycles. The molecule has 1 rings (SSSR count). The van der Waals surface area contributed by atoms with Crippen molar-refractivity contribution in [3.05, 3.63) is 29.8 Å². The zero-order valence-electron chi connectivity index (χ0n) is 10.8. The highest BCUT2D eigenvalue weighted by atomic mass is 19.4. The maximum atomic E-state index is 13.0. The van der Waals surface area contributed by atoms with Gasteiger partial charge in [0, 0.05) is 0 Å². The van der Waals surface area contributed by atoms with Crippen molar-refractivity contribution in [3.63, 3.8) is 0 Å². The summed E-state index contributed by atoms with van der Waals surface area (Å²) in [6, 6.07) is 2.76. The summed E-state index contributed by atoms with van der Waals surface area (Å²) in [6.45, 7) is 0. The first kappa shape index (κ1) is 18.1. The quantitative estimate of drug-likeness (QED) is 0.786. The molecular weight excluding hydrogens is 320 g/mol. The molecule has 3 N–H and O–H groups in total. The molecule has 22 heavy (non-hydrogen) atoms. The summed E-state index contributed by atoms with van der Waals surface area (Å²) in [6.07, 6.45) is -15.4. The summed E-state index contributed by atoms with van der Waals surface area (Å²) in [5.41, 5.74) is 5.58. The summed E-state index contributed by atoms with van der Waals surface area (Å²) < 4.78 is 78.1. The Morgan fingerprint density at radius 1 is 1.18 bits per heavy atom. The van der Waals surface area contributed by atoms with Crippen LogP contribution in [0.2, 0.25) is 0 Å². The number of carboxylic acid groups (broad SMARTS) is 1. The maximum Gasteiger partial charge on any atom is 0.439 e. The van der Waals surface area contributed by atoms with Crippen molar-refractivity contribution >= 4 is 5.97 Å². The van der Waals surface area contributed by atoms with Crippen LogP contribution in [0.15, 0.2) is 24.3 Å². The van der Waals surface area contributed by atoms with E-state index in [0.717, 1.165) is 24.3 Å². The molecule has 2 atom stereocenters. The fourth-order valence-corrected chi connectivity index (χ4v) is 1.43. The van der Waals surface area contributed by atoms with Crippen molar-refractivity contribution in [3.8, 4) is 5.75 Å². The van der Waals surface area contributed by atoms with Crippen molar-refractivity contribution in [2.75, 3.05) is 0 Å². The lowest BCUT2D eigenvalue weighted by Crippen LogP contribution is -2.45. The van der Waals surface area contributed by atoms with Gasteiger partial charge in [0.25, 0.3) is 6.17 Å². The topological polar surface area (TPSA) is 72.5 Å². The van der Waals surface area contributed by atoms with E-state index in [1.54, 1.807) is 0 Å². The second-order valence-electron chi connectivity index (χ2n) is 4.36. The monoisotopic (exact) mass is 331 g/mol. The number of hydrogen-bond donors (Lipinski definition) is 2. The number of carbonyl (C=O) groups is 1. The Hall–Kier alpha value is -1.97. The largest absolute Gasteiger partial charge is 0.480 e. The Balaban J connectivity index is 2.77. The fraction of sp³-hybridized carbons (Fsp3) is 0.417. The number of aliphatic carboxylic acids is 1. The number of alkyl halides is 6. The van der Waals surface area contributed by atoms with Crippen molar-refractivity contribution in [1.29, 1.82) is 0 Å². The molecule has 4 nitrogen and oxygen atoms in total. The third-order valence-corrected chi connectivity index (χ3v) is 2.53. The molecule has 0 amide bonds. The van der Waals surface area contributed by atoms with Gasteiger partial charge in [0.05, 0.1) is 0 Å². The Morgan fingerprint density at radius 3 is 2.09 bits per heavy atom. The van der Waals surface area contributed by atoms with Crippen LogP contribution in [-0.4, -0.2) is 35.6 Å². The van der Waals surface area contributed by atoms with E-state index in [1.807, 2.05) is 0 Å². The van der Waals surface area contributed by atoms with Gasteiger partial charge in [-0.2, -0.15) is 22.0 Å². The molecule has 1 aromatic carbocycles. The molecule has 0 aliphatic rings. The van der Waals surface area contributed by atoms with Crippen LogP contribution in [0.1, 0.15) is 5.56 Å². The third kappa shape index (κ3) is 4.79. The zero-order chi connectivity index (χ0) is 17.1. The number of carboxylic acids is 1. The van der Waals surface area contributed by atoms with Gasteiger partial charge in [-0.15, -0.1) is 0 Å². The number of benzene rings is 1. The maximum absolute atomic E-state index is 13.0. The van der Waals surface area contributed by atoms with E-state index in [-0.39, 0.29) is 6.42 Å². The summed E-state index contributed by atoms with van der Waals surface area (Å²) >= 11 is 0. The van der Waals surface area contributed by atoms with E-state index < -0.39 is 36.2 Å². The van der Waals surface area contributed by atoms with Crippen molar-refractivity contribution in [2.24, 2.45) is 5.73 Å². The molecule has 1 aromatic rings. The van der Waals surface area contributed by atoms with E-state index in [4.69, 9.17) is 10.8 Å². The smallest absolute Gasteiger partial charge is 0.439 e. The van der Waals surface area contributed by atoms with Crippen LogP contribution in [0, 0.1) is 0 Å². The lowest BCUT2D eigenvalue weighted by molar-refractivity contribution is -0.304. The molecule has 124 valence electrons.